The smallest absolute Gasteiger partial charge is 0.315 e. The number of rotatable bonds is 5. The van der Waals surface area contributed by atoms with Gasteiger partial charge >= 0.3 is 6.03 Å². The van der Waals surface area contributed by atoms with Crippen molar-refractivity contribution in [3.05, 3.63) is 35.6 Å². The van der Waals surface area contributed by atoms with Gasteiger partial charge in [0.25, 0.3) is 0 Å². The molecule has 2 N–H and O–H groups in total. The maximum atomic E-state index is 13.2. The molecule has 2 aliphatic heterocycles. The molecule has 2 heterocycles. The predicted octanol–water partition coefficient (Wildman–Crippen LogP) is 2.91. The second-order valence-electron chi connectivity index (χ2n) is 6.54. The van der Waals surface area contributed by atoms with Crippen molar-refractivity contribution in [3.8, 4) is 0 Å². The molecule has 2 amide bonds. The van der Waals surface area contributed by atoms with Gasteiger partial charge in [-0.3, -0.25) is 0 Å². The third-order valence-corrected chi connectivity index (χ3v) is 4.73. The van der Waals surface area contributed by atoms with E-state index in [4.69, 9.17) is 9.47 Å². The van der Waals surface area contributed by atoms with E-state index in [-0.39, 0.29) is 36.1 Å². The minimum Gasteiger partial charge on any atom is -0.376 e. The SMILES string of the molecule is CC(NC(=O)NC(c1ccc(F)cc1)C1CCCO1)C1CCCO1. The molecule has 4 unspecified atom stereocenters. The Labute approximate surface area is 141 Å². The summed E-state index contributed by atoms with van der Waals surface area (Å²) in [6, 6.07) is 5.63. The summed E-state index contributed by atoms with van der Waals surface area (Å²) < 4.78 is 24.5. The van der Waals surface area contributed by atoms with Crippen LogP contribution < -0.4 is 10.6 Å². The molecule has 4 atom stereocenters. The van der Waals surface area contributed by atoms with E-state index in [2.05, 4.69) is 10.6 Å². The zero-order valence-corrected chi connectivity index (χ0v) is 14.0. The highest BCUT2D eigenvalue weighted by Gasteiger charge is 2.30. The van der Waals surface area contributed by atoms with Gasteiger partial charge in [0.15, 0.2) is 0 Å². The number of amides is 2. The van der Waals surface area contributed by atoms with Crippen molar-refractivity contribution in [3.63, 3.8) is 0 Å². The Hall–Kier alpha value is -1.66. The Bertz CT molecular complexity index is 540. The van der Waals surface area contributed by atoms with Gasteiger partial charge in [0, 0.05) is 13.2 Å². The molecule has 132 valence electrons. The van der Waals surface area contributed by atoms with Crippen LogP contribution in [0.2, 0.25) is 0 Å². The highest BCUT2D eigenvalue weighted by atomic mass is 19.1. The van der Waals surface area contributed by atoms with E-state index < -0.39 is 0 Å². The van der Waals surface area contributed by atoms with Crippen LogP contribution in [0.25, 0.3) is 0 Å². The zero-order valence-electron chi connectivity index (χ0n) is 14.0. The van der Waals surface area contributed by atoms with Crippen molar-refractivity contribution in [1.82, 2.24) is 10.6 Å². The lowest BCUT2D eigenvalue weighted by molar-refractivity contribution is 0.0758. The first kappa shape index (κ1) is 17.2. The van der Waals surface area contributed by atoms with Gasteiger partial charge in [-0.1, -0.05) is 12.1 Å². The van der Waals surface area contributed by atoms with Gasteiger partial charge in [-0.25, -0.2) is 9.18 Å². The van der Waals surface area contributed by atoms with Gasteiger partial charge in [-0.2, -0.15) is 0 Å². The zero-order chi connectivity index (χ0) is 16.9. The Morgan fingerprint density at radius 1 is 1.08 bits per heavy atom. The summed E-state index contributed by atoms with van der Waals surface area (Å²) in [7, 11) is 0. The first-order chi connectivity index (χ1) is 11.6. The molecular formula is C18H25FN2O3. The Balaban J connectivity index is 1.64. The molecule has 5 nitrogen and oxygen atoms in total. The van der Waals surface area contributed by atoms with Gasteiger partial charge in [-0.15, -0.1) is 0 Å². The Morgan fingerprint density at radius 3 is 2.29 bits per heavy atom. The molecule has 0 spiro atoms. The molecule has 0 aromatic heterocycles. The maximum absolute atomic E-state index is 13.2. The van der Waals surface area contributed by atoms with Gasteiger partial charge in [-0.05, 0) is 50.3 Å². The fourth-order valence-corrected chi connectivity index (χ4v) is 3.41. The number of nitrogens with one attached hydrogen (secondary N) is 2. The highest BCUT2D eigenvalue weighted by molar-refractivity contribution is 5.75. The number of halogens is 1. The summed E-state index contributed by atoms with van der Waals surface area (Å²) in [5, 5.41) is 5.95. The number of ether oxygens (including phenoxy) is 2. The standard InChI is InChI=1S/C18H25FN2O3/c1-12(15-4-2-10-23-15)20-18(22)21-17(16-5-3-11-24-16)13-6-8-14(19)9-7-13/h6-9,12,15-17H,2-5,10-11H2,1H3,(H2,20,21,22). The van der Waals surface area contributed by atoms with Crippen LogP contribution in [0.15, 0.2) is 24.3 Å². The first-order valence-electron chi connectivity index (χ1n) is 8.69. The molecule has 6 heteroatoms. The maximum Gasteiger partial charge on any atom is 0.315 e. The summed E-state index contributed by atoms with van der Waals surface area (Å²) >= 11 is 0. The Kier molecular flexibility index (Phi) is 5.68. The first-order valence-corrected chi connectivity index (χ1v) is 8.69. The minimum absolute atomic E-state index is 0.0501. The summed E-state index contributed by atoms with van der Waals surface area (Å²) in [6.07, 6.45) is 3.84. The third kappa shape index (κ3) is 4.24. The third-order valence-electron chi connectivity index (χ3n) is 4.73. The number of hydrogen-bond acceptors (Lipinski definition) is 3. The van der Waals surface area contributed by atoms with Crippen molar-refractivity contribution < 1.29 is 18.7 Å². The number of urea groups is 1. The van der Waals surface area contributed by atoms with E-state index in [1.165, 1.54) is 12.1 Å². The van der Waals surface area contributed by atoms with Gasteiger partial charge in [0.2, 0.25) is 0 Å². The monoisotopic (exact) mass is 336 g/mol. The molecule has 0 bridgehead atoms. The molecule has 0 radical (unpaired) electrons. The molecule has 0 aliphatic carbocycles. The summed E-state index contributed by atoms with van der Waals surface area (Å²) in [4.78, 5) is 12.4. The van der Waals surface area contributed by atoms with E-state index in [1.807, 2.05) is 6.92 Å². The summed E-state index contributed by atoms with van der Waals surface area (Å²) in [5.41, 5.74) is 0.850. The average Bonchev–Trinajstić information content (AvgIpc) is 3.27. The quantitative estimate of drug-likeness (QED) is 0.869. The molecular weight excluding hydrogens is 311 g/mol. The molecule has 2 saturated heterocycles. The van der Waals surface area contributed by atoms with Crippen LogP contribution in [0.5, 0.6) is 0 Å². The molecule has 24 heavy (non-hydrogen) atoms. The second kappa shape index (κ2) is 7.94. The van der Waals surface area contributed by atoms with Crippen LogP contribution in [-0.4, -0.2) is 37.5 Å². The van der Waals surface area contributed by atoms with E-state index in [0.29, 0.717) is 6.61 Å². The topological polar surface area (TPSA) is 59.6 Å². The van der Waals surface area contributed by atoms with E-state index in [0.717, 1.165) is 37.9 Å². The molecule has 3 rings (SSSR count). The van der Waals surface area contributed by atoms with E-state index in [1.54, 1.807) is 12.1 Å². The second-order valence-corrected chi connectivity index (χ2v) is 6.54. The van der Waals surface area contributed by atoms with Crippen LogP contribution >= 0.6 is 0 Å². The Morgan fingerprint density at radius 2 is 1.71 bits per heavy atom. The number of hydrogen-bond donors (Lipinski definition) is 2. The lowest BCUT2D eigenvalue weighted by atomic mass is 9.99. The lowest BCUT2D eigenvalue weighted by Gasteiger charge is -2.27. The fraction of sp³-hybridized carbons (Fsp3) is 0.611. The van der Waals surface area contributed by atoms with Crippen molar-refractivity contribution in [2.75, 3.05) is 13.2 Å². The van der Waals surface area contributed by atoms with Gasteiger partial charge in [0.05, 0.1) is 24.3 Å². The lowest BCUT2D eigenvalue weighted by Crippen LogP contribution is -2.48. The molecule has 0 saturated carbocycles. The van der Waals surface area contributed by atoms with Crippen molar-refractivity contribution >= 4 is 6.03 Å². The van der Waals surface area contributed by atoms with Gasteiger partial charge in [0.1, 0.15) is 5.82 Å². The van der Waals surface area contributed by atoms with Crippen LogP contribution in [0.4, 0.5) is 9.18 Å². The van der Waals surface area contributed by atoms with Crippen LogP contribution in [0, 0.1) is 5.82 Å². The number of carbonyl (C=O) groups is 1. The van der Waals surface area contributed by atoms with E-state index in [9.17, 15) is 9.18 Å². The molecule has 1 aromatic carbocycles. The number of benzene rings is 1. The fourth-order valence-electron chi connectivity index (χ4n) is 3.41. The molecule has 1 aromatic rings. The predicted molar refractivity (Wildman–Crippen MR) is 88.2 cm³/mol. The van der Waals surface area contributed by atoms with Crippen LogP contribution in [-0.2, 0) is 9.47 Å². The minimum atomic E-state index is -0.290. The van der Waals surface area contributed by atoms with Crippen molar-refractivity contribution in [2.45, 2.75) is 56.9 Å². The normalized spacial score (nSPS) is 26.1. The van der Waals surface area contributed by atoms with E-state index >= 15 is 0 Å². The molecule has 2 fully saturated rings. The highest BCUT2D eigenvalue weighted by Crippen LogP contribution is 2.27. The number of carbonyl (C=O) groups excluding carboxylic acids is 1. The van der Waals surface area contributed by atoms with Crippen LogP contribution in [0.3, 0.4) is 0 Å². The van der Waals surface area contributed by atoms with Gasteiger partial charge < -0.3 is 20.1 Å². The summed E-state index contributed by atoms with van der Waals surface area (Å²) in [6.45, 7) is 3.40. The van der Waals surface area contributed by atoms with Crippen molar-refractivity contribution in [1.29, 1.82) is 0 Å². The summed E-state index contributed by atoms with van der Waals surface area (Å²) in [5.74, 6) is -0.290. The average molecular weight is 336 g/mol. The van der Waals surface area contributed by atoms with Crippen molar-refractivity contribution in [2.24, 2.45) is 0 Å². The molecule has 2 aliphatic rings. The van der Waals surface area contributed by atoms with Crippen LogP contribution in [0.1, 0.15) is 44.2 Å². The largest absolute Gasteiger partial charge is 0.376 e.